The third kappa shape index (κ3) is 4.86. The fourth-order valence-electron chi connectivity index (χ4n) is 3.17. The highest BCUT2D eigenvalue weighted by molar-refractivity contribution is 6.37. The second kappa shape index (κ2) is 9.36. The first kappa shape index (κ1) is 21.9. The fourth-order valence-corrected chi connectivity index (χ4v) is 3.77. The van der Waals surface area contributed by atoms with Crippen LogP contribution >= 0.6 is 23.2 Å². The maximum atomic E-state index is 12.3. The SMILES string of the molecule is CCOC(=O)c1cc(Cl)c(OCC(=O)Nc2ccc3c(c2)CCN3C(C)=O)c(Cl)c1. The number of carbonyl (C=O) groups excluding carboxylic acids is 3. The van der Waals surface area contributed by atoms with E-state index in [1.54, 1.807) is 17.9 Å². The Balaban J connectivity index is 1.63. The Morgan fingerprint density at radius 1 is 1.13 bits per heavy atom. The molecule has 0 aliphatic carbocycles. The topological polar surface area (TPSA) is 84.9 Å². The lowest BCUT2D eigenvalue weighted by Gasteiger charge is -2.15. The van der Waals surface area contributed by atoms with E-state index in [1.165, 1.54) is 19.1 Å². The van der Waals surface area contributed by atoms with Crippen molar-refractivity contribution in [3.8, 4) is 5.75 Å². The van der Waals surface area contributed by atoms with Gasteiger partial charge < -0.3 is 19.7 Å². The van der Waals surface area contributed by atoms with Gasteiger partial charge in [0, 0.05) is 24.8 Å². The van der Waals surface area contributed by atoms with Crippen molar-refractivity contribution in [3.05, 3.63) is 51.5 Å². The Morgan fingerprint density at radius 2 is 1.83 bits per heavy atom. The molecule has 1 aliphatic rings. The lowest BCUT2D eigenvalue weighted by atomic mass is 10.1. The van der Waals surface area contributed by atoms with Crippen LogP contribution in [0.15, 0.2) is 30.3 Å². The van der Waals surface area contributed by atoms with Crippen molar-refractivity contribution in [2.24, 2.45) is 0 Å². The molecule has 1 N–H and O–H groups in total. The Kier molecular flexibility index (Phi) is 6.84. The molecule has 0 radical (unpaired) electrons. The van der Waals surface area contributed by atoms with Gasteiger partial charge in [-0.15, -0.1) is 0 Å². The van der Waals surface area contributed by atoms with E-state index < -0.39 is 11.9 Å². The van der Waals surface area contributed by atoms with Gasteiger partial charge in [-0.2, -0.15) is 0 Å². The van der Waals surface area contributed by atoms with Crippen LogP contribution in [0.3, 0.4) is 0 Å². The predicted octanol–water partition coefficient (Wildman–Crippen LogP) is 4.10. The summed E-state index contributed by atoms with van der Waals surface area (Å²) in [7, 11) is 0. The summed E-state index contributed by atoms with van der Waals surface area (Å²) in [5.74, 6) is -0.863. The second-order valence-corrected chi connectivity index (χ2v) is 7.40. The number of benzene rings is 2. The highest BCUT2D eigenvalue weighted by Gasteiger charge is 2.22. The summed E-state index contributed by atoms with van der Waals surface area (Å²) in [6.45, 7) is 3.75. The minimum absolute atomic E-state index is 0.0123. The van der Waals surface area contributed by atoms with Crippen molar-refractivity contribution in [2.45, 2.75) is 20.3 Å². The number of amides is 2. The van der Waals surface area contributed by atoms with Crippen molar-refractivity contribution in [1.29, 1.82) is 0 Å². The van der Waals surface area contributed by atoms with Crippen molar-refractivity contribution in [2.75, 3.05) is 30.0 Å². The maximum absolute atomic E-state index is 12.3. The zero-order valence-electron chi connectivity index (χ0n) is 16.5. The monoisotopic (exact) mass is 450 g/mol. The molecule has 2 aromatic carbocycles. The number of esters is 1. The first-order chi connectivity index (χ1) is 14.3. The first-order valence-electron chi connectivity index (χ1n) is 9.30. The van der Waals surface area contributed by atoms with Crippen LogP contribution < -0.4 is 15.0 Å². The molecular weight excluding hydrogens is 431 g/mol. The third-order valence-corrected chi connectivity index (χ3v) is 5.06. The number of anilines is 2. The average molecular weight is 451 g/mol. The Bertz CT molecular complexity index is 986. The minimum atomic E-state index is -0.550. The number of fused-ring (bicyclic) bond motifs is 1. The highest BCUT2D eigenvalue weighted by Crippen LogP contribution is 2.35. The molecule has 0 saturated heterocycles. The van der Waals surface area contributed by atoms with Crippen LogP contribution in [-0.2, 0) is 20.7 Å². The summed E-state index contributed by atoms with van der Waals surface area (Å²) in [5.41, 5.74) is 2.64. The molecule has 2 aromatic rings. The maximum Gasteiger partial charge on any atom is 0.338 e. The van der Waals surface area contributed by atoms with Gasteiger partial charge in [0.15, 0.2) is 12.4 Å². The zero-order valence-corrected chi connectivity index (χ0v) is 18.0. The lowest BCUT2D eigenvalue weighted by Crippen LogP contribution is -2.25. The molecule has 30 heavy (non-hydrogen) atoms. The highest BCUT2D eigenvalue weighted by atomic mass is 35.5. The number of carbonyl (C=O) groups is 3. The number of ether oxygens (including phenoxy) is 2. The molecule has 158 valence electrons. The van der Waals surface area contributed by atoms with Crippen LogP contribution in [0, 0.1) is 0 Å². The van der Waals surface area contributed by atoms with E-state index in [4.69, 9.17) is 32.7 Å². The summed E-state index contributed by atoms with van der Waals surface area (Å²) in [6, 6.07) is 8.12. The number of nitrogens with one attached hydrogen (secondary N) is 1. The van der Waals surface area contributed by atoms with Crippen LogP contribution in [0.5, 0.6) is 5.75 Å². The summed E-state index contributed by atoms with van der Waals surface area (Å²) < 4.78 is 10.4. The first-order valence-corrected chi connectivity index (χ1v) is 10.1. The van der Waals surface area contributed by atoms with Crippen molar-refractivity contribution < 1.29 is 23.9 Å². The molecular formula is C21H20Cl2N2O5. The number of hydrogen-bond donors (Lipinski definition) is 1. The van der Waals surface area contributed by atoms with E-state index >= 15 is 0 Å². The van der Waals surface area contributed by atoms with Crippen LogP contribution in [0.4, 0.5) is 11.4 Å². The Hall–Kier alpha value is -2.77. The van der Waals surface area contributed by atoms with E-state index in [1.807, 2.05) is 12.1 Å². The number of hydrogen-bond acceptors (Lipinski definition) is 5. The van der Waals surface area contributed by atoms with Crippen LogP contribution in [0.2, 0.25) is 10.0 Å². The van der Waals surface area contributed by atoms with Gasteiger partial charge in [0.05, 0.1) is 22.2 Å². The van der Waals surface area contributed by atoms with Gasteiger partial charge in [0.25, 0.3) is 5.91 Å². The molecule has 3 rings (SSSR count). The average Bonchev–Trinajstić information content (AvgIpc) is 3.11. The molecule has 0 atom stereocenters. The van der Waals surface area contributed by atoms with Crippen molar-refractivity contribution in [3.63, 3.8) is 0 Å². The Morgan fingerprint density at radius 3 is 2.47 bits per heavy atom. The summed E-state index contributed by atoms with van der Waals surface area (Å²) in [4.78, 5) is 37.4. The normalized spacial score (nSPS) is 12.3. The van der Waals surface area contributed by atoms with Crippen LogP contribution in [-0.4, -0.2) is 37.5 Å². The van der Waals surface area contributed by atoms with Gasteiger partial charge >= 0.3 is 5.97 Å². The number of rotatable bonds is 6. The standard InChI is InChI=1S/C21H20Cl2N2O5/c1-3-29-21(28)14-9-16(22)20(17(23)10-14)30-11-19(27)24-15-4-5-18-13(8-15)6-7-25(18)12(2)26/h4-5,8-10H,3,6-7,11H2,1-2H3,(H,24,27). The van der Waals surface area contributed by atoms with Gasteiger partial charge in [-0.05, 0) is 49.2 Å². The van der Waals surface area contributed by atoms with Gasteiger partial charge in [-0.1, -0.05) is 23.2 Å². The molecule has 1 aliphatic heterocycles. The molecule has 0 aromatic heterocycles. The quantitative estimate of drug-likeness (QED) is 0.669. The number of halogens is 2. The molecule has 0 unspecified atom stereocenters. The third-order valence-electron chi connectivity index (χ3n) is 4.50. The van der Waals surface area contributed by atoms with E-state index in [-0.39, 0.29) is 40.5 Å². The summed E-state index contributed by atoms with van der Waals surface area (Å²) in [6.07, 6.45) is 0.729. The van der Waals surface area contributed by atoms with Crippen LogP contribution in [0.25, 0.3) is 0 Å². The van der Waals surface area contributed by atoms with E-state index in [0.717, 1.165) is 17.7 Å². The van der Waals surface area contributed by atoms with Gasteiger partial charge in [-0.25, -0.2) is 4.79 Å². The number of nitrogens with zero attached hydrogens (tertiary/aromatic N) is 1. The van der Waals surface area contributed by atoms with Gasteiger partial charge in [0.2, 0.25) is 5.91 Å². The molecule has 7 nitrogen and oxygen atoms in total. The predicted molar refractivity (Wildman–Crippen MR) is 115 cm³/mol. The zero-order chi connectivity index (χ0) is 21.8. The molecule has 2 amide bonds. The van der Waals surface area contributed by atoms with Crippen LogP contribution in [0.1, 0.15) is 29.8 Å². The molecule has 9 heteroatoms. The minimum Gasteiger partial charge on any atom is -0.481 e. The molecule has 0 fully saturated rings. The summed E-state index contributed by atoms with van der Waals surface area (Å²) >= 11 is 12.3. The molecule has 0 bridgehead atoms. The largest absolute Gasteiger partial charge is 0.481 e. The Labute approximate surface area is 183 Å². The van der Waals surface area contributed by atoms with Crippen molar-refractivity contribution >= 4 is 52.4 Å². The fraction of sp³-hybridized carbons (Fsp3) is 0.286. The lowest BCUT2D eigenvalue weighted by molar-refractivity contribution is -0.118. The second-order valence-electron chi connectivity index (χ2n) is 6.59. The van der Waals surface area contributed by atoms with Gasteiger partial charge in [0.1, 0.15) is 0 Å². The molecule has 1 heterocycles. The summed E-state index contributed by atoms with van der Waals surface area (Å²) in [5, 5.41) is 2.94. The van der Waals surface area contributed by atoms with Crippen molar-refractivity contribution in [1.82, 2.24) is 0 Å². The van der Waals surface area contributed by atoms with E-state index in [0.29, 0.717) is 12.2 Å². The van der Waals surface area contributed by atoms with Gasteiger partial charge in [-0.3, -0.25) is 9.59 Å². The van der Waals surface area contributed by atoms with E-state index in [9.17, 15) is 14.4 Å². The smallest absolute Gasteiger partial charge is 0.338 e. The molecule has 0 saturated carbocycles. The molecule has 0 spiro atoms. The van der Waals surface area contributed by atoms with E-state index in [2.05, 4.69) is 5.32 Å².